The summed E-state index contributed by atoms with van der Waals surface area (Å²) < 4.78 is 38.1. The number of hydrogen-bond donors (Lipinski definition) is 1. The summed E-state index contributed by atoms with van der Waals surface area (Å²) in [5, 5.41) is 2.78. The molecule has 1 saturated heterocycles. The predicted octanol–water partition coefficient (Wildman–Crippen LogP) is 3.13. The molecule has 3 rings (SSSR count). The number of para-hydroxylation sites is 2. The molecular formula is C20H24N2O5S. The van der Waals surface area contributed by atoms with E-state index in [2.05, 4.69) is 5.32 Å². The van der Waals surface area contributed by atoms with Gasteiger partial charge < -0.3 is 14.8 Å². The van der Waals surface area contributed by atoms with E-state index >= 15 is 0 Å². The van der Waals surface area contributed by atoms with E-state index in [9.17, 15) is 13.2 Å². The van der Waals surface area contributed by atoms with Crippen LogP contribution < -0.4 is 14.8 Å². The van der Waals surface area contributed by atoms with Crippen LogP contribution in [0.25, 0.3) is 0 Å². The first-order chi connectivity index (χ1) is 13.5. The molecule has 1 amide bonds. The first-order valence-electron chi connectivity index (χ1n) is 9.18. The first-order valence-corrected chi connectivity index (χ1v) is 10.6. The third-order valence-corrected chi connectivity index (χ3v) is 6.46. The quantitative estimate of drug-likeness (QED) is 0.766. The summed E-state index contributed by atoms with van der Waals surface area (Å²) in [7, 11) is -2.31. The number of hydrogen-bond acceptors (Lipinski definition) is 5. The van der Waals surface area contributed by atoms with Crippen LogP contribution >= 0.6 is 0 Å². The summed E-state index contributed by atoms with van der Waals surface area (Å²) in [6.07, 6.45) is 1.66. The van der Waals surface area contributed by atoms with E-state index in [1.807, 2.05) is 13.0 Å². The van der Waals surface area contributed by atoms with Gasteiger partial charge in [-0.2, -0.15) is 4.31 Å². The van der Waals surface area contributed by atoms with Crippen LogP contribution in [0.5, 0.6) is 11.5 Å². The molecule has 0 atom stereocenters. The summed E-state index contributed by atoms with van der Waals surface area (Å²) in [6, 6.07) is 11.5. The van der Waals surface area contributed by atoms with Crippen molar-refractivity contribution < 1.29 is 22.7 Å². The molecule has 0 radical (unpaired) electrons. The number of carbonyl (C=O) groups is 1. The normalized spacial score (nSPS) is 14.6. The van der Waals surface area contributed by atoms with Gasteiger partial charge in [0.25, 0.3) is 5.91 Å². The van der Waals surface area contributed by atoms with Gasteiger partial charge in [0.2, 0.25) is 10.0 Å². The van der Waals surface area contributed by atoms with Gasteiger partial charge in [-0.05, 0) is 50.1 Å². The number of anilines is 1. The fourth-order valence-electron chi connectivity index (χ4n) is 3.13. The molecule has 1 fully saturated rings. The first kappa shape index (κ1) is 20.2. The van der Waals surface area contributed by atoms with Gasteiger partial charge in [-0.3, -0.25) is 4.79 Å². The van der Waals surface area contributed by atoms with Gasteiger partial charge in [0.15, 0.2) is 0 Å². The molecule has 0 saturated carbocycles. The highest BCUT2D eigenvalue weighted by Gasteiger charge is 2.30. The number of carbonyl (C=O) groups excluding carboxylic acids is 1. The van der Waals surface area contributed by atoms with E-state index in [4.69, 9.17) is 9.47 Å². The van der Waals surface area contributed by atoms with Gasteiger partial charge in [-0.1, -0.05) is 12.1 Å². The van der Waals surface area contributed by atoms with Crippen molar-refractivity contribution in [2.24, 2.45) is 0 Å². The van der Waals surface area contributed by atoms with Crippen molar-refractivity contribution >= 4 is 21.6 Å². The van der Waals surface area contributed by atoms with E-state index in [0.717, 1.165) is 12.8 Å². The maximum atomic E-state index is 13.0. The average molecular weight is 404 g/mol. The van der Waals surface area contributed by atoms with E-state index in [-0.39, 0.29) is 16.2 Å². The van der Waals surface area contributed by atoms with Crippen LogP contribution in [-0.2, 0) is 10.0 Å². The van der Waals surface area contributed by atoms with Gasteiger partial charge >= 0.3 is 0 Å². The zero-order valence-electron chi connectivity index (χ0n) is 16.0. The Labute approximate surface area is 165 Å². The van der Waals surface area contributed by atoms with E-state index < -0.39 is 15.9 Å². The molecule has 2 aromatic rings. The minimum absolute atomic E-state index is 0.00245. The van der Waals surface area contributed by atoms with Crippen molar-refractivity contribution in [3.05, 3.63) is 48.0 Å². The molecule has 2 aromatic carbocycles. The van der Waals surface area contributed by atoms with Crippen molar-refractivity contribution in [1.29, 1.82) is 0 Å². The zero-order valence-corrected chi connectivity index (χ0v) is 16.8. The van der Waals surface area contributed by atoms with E-state index in [1.54, 1.807) is 24.3 Å². The van der Waals surface area contributed by atoms with Crippen molar-refractivity contribution in [3.8, 4) is 11.5 Å². The molecule has 0 bridgehead atoms. The number of benzene rings is 2. The minimum Gasteiger partial charge on any atom is -0.495 e. The lowest BCUT2D eigenvalue weighted by atomic mass is 10.2. The lowest BCUT2D eigenvalue weighted by molar-refractivity contribution is 0.102. The van der Waals surface area contributed by atoms with Gasteiger partial charge in [-0.25, -0.2) is 8.42 Å². The van der Waals surface area contributed by atoms with Crippen molar-refractivity contribution in [3.63, 3.8) is 0 Å². The Morgan fingerprint density at radius 1 is 1.11 bits per heavy atom. The minimum atomic E-state index is -3.72. The Morgan fingerprint density at radius 2 is 1.82 bits per heavy atom. The zero-order chi connectivity index (χ0) is 20.1. The molecule has 28 heavy (non-hydrogen) atoms. The Hall–Kier alpha value is -2.58. The average Bonchev–Trinajstić information content (AvgIpc) is 3.25. The SMILES string of the molecule is CCOc1ccccc1NC(=O)c1ccc(OC)c(S(=O)(=O)N2CCCC2)c1. The molecule has 1 aliphatic rings. The summed E-state index contributed by atoms with van der Waals surface area (Å²) >= 11 is 0. The molecule has 7 nitrogen and oxygen atoms in total. The van der Waals surface area contributed by atoms with E-state index in [1.165, 1.54) is 23.5 Å². The smallest absolute Gasteiger partial charge is 0.255 e. The van der Waals surface area contributed by atoms with E-state index in [0.29, 0.717) is 31.1 Å². The number of sulfonamides is 1. The van der Waals surface area contributed by atoms with Crippen LogP contribution in [0, 0.1) is 0 Å². The monoisotopic (exact) mass is 404 g/mol. The standard InChI is InChI=1S/C20H24N2O5S/c1-3-27-17-9-5-4-8-16(17)21-20(23)15-10-11-18(26-2)19(14-15)28(24,25)22-12-6-7-13-22/h4-5,8-11,14H,3,6-7,12-13H2,1-2H3,(H,21,23). The second-order valence-electron chi connectivity index (χ2n) is 6.36. The third kappa shape index (κ3) is 4.13. The van der Waals surface area contributed by atoms with Crippen LogP contribution in [0.1, 0.15) is 30.1 Å². The number of rotatable bonds is 7. The largest absolute Gasteiger partial charge is 0.495 e. The summed E-state index contributed by atoms with van der Waals surface area (Å²) in [5.41, 5.74) is 0.749. The topological polar surface area (TPSA) is 84.9 Å². The second kappa shape index (κ2) is 8.62. The van der Waals surface area contributed by atoms with Gasteiger partial charge in [-0.15, -0.1) is 0 Å². The highest BCUT2D eigenvalue weighted by atomic mass is 32.2. The third-order valence-electron chi connectivity index (χ3n) is 4.54. The Bertz CT molecular complexity index is 953. The molecule has 1 N–H and O–H groups in total. The summed E-state index contributed by atoms with van der Waals surface area (Å²) in [5.74, 6) is 0.350. The Morgan fingerprint density at radius 3 is 2.50 bits per heavy atom. The maximum absolute atomic E-state index is 13.0. The molecule has 0 spiro atoms. The number of nitrogens with zero attached hydrogens (tertiary/aromatic N) is 1. The molecule has 0 aromatic heterocycles. The lowest BCUT2D eigenvalue weighted by Crippen LogP contribution is -2.28. The number of amides is 1. The highest BCUT2D eigenvalue weighted by molar-refractivity contribution is 7.89. The molecule has 1 heterocycles. The molecule has 0 unspecified atom stereocenters. The highest BCUT2D eigenvalue weighted by Crippen LogP contribution is 2.30. The van der Waals surface area contributed by atoms with Crippen molar-refractivity contribution in [2.45, 2.75) is 24.7 Å². The molecule has 1 aliphatic heterocycles. The van der Waals surface area contributed by atoms with Gasteiger partial charge in [0.05, 0.1) is 19.4 Å². The van der Waals surface area contributed by atoms with Crippen LogP contribution in [0.3, 0.4) is 0 Å². The fraction of sp³-hybridized carbons (Fsp3) is 0.350. The molecule has 0 aliphatic carbocycles. The molecule has 8 heteroatoms. The Balaban J connectivity index is 1.92. The summed E-state index contributed by atoms with van der Waals surface area (Å²) in [6.45, 7) is 3.28. The van der Waals surface area contributed by atoms with Crippen LogP contribution in [0.2, 0.25) is 0 Å². The summed E-state index contributed by atoms with van der Waals surface area (Å²) in [4.78, 5) is 12.8. The van der Waals surface area contributed by atoms with Crippen LogP contribution in [-0.4, -0.2) is 45.4 Å². The number of methoxy groups -OCH3 is 1. The van der Waals surface area contributed by atoms with Gasteiger partial charge in [0, 0.05) is 18.7 Å². The van der Waals surface area contributed by atoms with Crippen molar-refractivity contribution in [2.75, 3.05) is 32.1 Å². The second-order valence-corrected chi connectivity index (χ2v) is 8.27. The van der Waals surface area contributed by atoms with Gasteiger partial charge in [0.1, 0.15) is 16.4 Å². The lowest BCUT2D eigenvalue weighted by Gasteiger charge is -2.18. The number of nitrogens with one attached hydrogen (secondary N) is 1. The predicted molar refractivity (Wildman–Crippen MR) is 107 cm³/mol. The molecule has 150 valence electrons. The van der Waals surface area contributed by atoms with Crippen LogP contribution in [0.4, 0.5) is 5.69 Å². The maximum Gasteiger partial charge on any atom is 0.255 e. The van der Waals surface area contributed by atoms with Crippen LogP contribution in [0.15, 0.2) is 47.4 Å². The molecular weight excluding hydrogens is 380 g/mol. The Kier molecular flexibility index (Phi) is 6.21. The van der Waals surface area contributed by atoms with Crippen molar-refractivity contribution in [1.82, 2.24) is 4.31 Å². The fourth-order valence-corrected chi connectivity index (χ4v) is 4.83. The number of ether oxygens (including phenoxy) is 2.